The topological polar surface area (TPSA) is 12.4 Å². The molecule has 1 unspecified atom stereocenters. The van der Waals surface area contributed by atoms with Crippen molar-refractivity contribution >= 4 is 44.7 Å². The molecule has 0 aromatic heterocycles. The zero-order valence-corrected chi connectivity index (χ0v) is 19.8. The first kappa shape index (κ1) is 20.8. The average Bonchev–Trinajstić information content (AvgIpc) is 3.18. The van der Waals surface area contributed by atoms with E-state index in [0.29, 0.717) is 3.63 Å². The van der Waals surface area contributed by atoms with E-state index < -0.39 is 8.07 Å². The Balaban J connectivity index is 0.000000172. The van der Waals surface area contributed by atoms with Crippen molar-refractivity contribution in [2.24, 2.45) is 4.99 Å². The van der Waals surface area contributed by atoms with Crippen molar-refractivity contribution in [2.45, 2.75) is 30.1 Å². The predicted molar refractivity (Wildman–Crippen MR) is 111 cm³/mol. The maximum atomic E-state index is 4.67. The SMILES string of the molecule is CCC1=NC2=CC=C3C2=C1[Si]3(C)C.Cl.Cl.[Zr][CH]1C=Cc2ccccc21. The third-order valence-electron chi connectivity index (χ3n) is 5.16. The van der Waals surface area contributed by atoms with E-state index in [4.69, 9.17) is 0 Å². The fraction of sp³-hybridized carbons (Fsp3) is 0.250. The van der Waals surface area contributed by atoms with E-state index in [1.165, 1.54) is 28.1 Å². The number of nitrogens with zero attached hydrogens (tertiary/aromatic N) is 1. The second-order valence-corrected chi connectivity index (χ2v) is 12.7. The Hall–Kier alpha value is -0.470. The molecule has 5 rings (SSSR count). The first-order valence-electron chi connectivity index (χ1n) is 8.28. The molecule has 1 nitrogen and oxygen atoms in total. The van der Waals surface area contributed by atoms with Gasteiger partial charge in [0.25, 0.3) is 0 Å². The van der Waals surface area contributed by atoms with Gasteiger partial charge in [-0.25, -0.2) is 0 Å². The van der Waals surface area contributed by atoms with Gasteiger partial charge in [-0.2, -0.15) is 0 Å². The molecule has 2 aliphatic carbocycles. The van der Waals surface area contributed by atoms with Crippen LogP contribution in [-0.4, -0.2) is 13.8 Å². The van der Waals surface area contributed by atoms with Gasteiger partial charge in [0.15, 0.2) is 0 Å². The van der Waals surface area contributed by atoms with Gasteiger partial charge in [-0.3, -0.25) is 4.99 Å². The number of benzene rings is 1. The normalized spacial score (nSPS) is 22.2. The zero-order chi connectivity index (χ0) is 16.2. The minimum absolute atomic E-state index is 0. The summed E-state index contributed by atoms with van der Waals surface area (Å²) >= 11 is 1.59. The number of allylic oxidation sites excluding steroid dienone is 5. The van der Waals surface area contributed by atoms with Crippen molar-refractivity contribution in [2.75, 3.05) is 0 Å². The van der Waals surface area contributed by atoms with Gasteiger partial charge in [0.05, 0.1) is 5.70 Å². The van der Waals surface area contributed by atoms with Gasteiger partial charge in [0.1, 0.15) is 8.07 Å². The monoisotopic (exact) mass is 464 g/mol. The van der Waals surface area contributed by atoms with Crippen molar-refractivity contribution < 1.29 is 24.7 Å². The summed E-state index contributed by atoms with van der Waals surface area (Å²) in [4.78, 5) is 4.67. The summed E-state index contributed by atoms with van der Waals surface area (Å²) in [5.74, 6) is 0. The van der Waals surface area contributed by atoms with Crippen molar-refractivity contribution in [3.8, 4) is 0 Å². The molecule has 0 saturated carbocycles. The molecule has 1 aromatic rings. The Morgan fingerprint density at radius 2 is 1.84 bits per heavy atom. The Labute approximate surface area is 178 Å². The molecular formula is C20H22Cl2NSiZr. The summed E-state index contributed by atoms with van der Waals surface area (Å²) in [6.45, 7) is 7.08. The number of fused-ring (bicyclic) bond motifs is 1. The number of hydrogen-bond donors (Lipinski definition) is 0. The standard InChI is InChI=1S/C11H13NSi.C9H7.2ClH.Zr/c1-4-7-11-10-8(12-7)5-6-9(10)13(11,2)3;1-2-5-9-7-3-6-8(9)4-1;;;/h5-6H,4H2,1-3H3;1-7H;2*1H;. The molecule has 0 saturated heterocycles. The van der Waals surface area contributed by atoms with Crippen LogP contribution in [0.3, 0.4) is 0 Å². The van der Waals surface area contributed by atoms with Crippen LogP contribution in [0.4, 0.5) is 0 Å². The third kappa shape index (κ3) is 3.18. The van der Waals surface area contributed by atoms with E-state index in [0.717, 1.165) is 6.42 Å². The second kappa shape index (κ2) is 7.64. The average molecular weight is 467 g/mol. The Morgan fingerprint density at radius 1 is 1.12 bits per heavy atom. The number of aliphatic imine (C=N–C) groups is 1. The van der Waals surface area contributed by atoms with E-state index in [9.17, 15) is 0 Å². The number of rotatable bonds is 1. The first-order chi connectivity index (χ1) is 11.0. The molecular weight excluding hydrogens is 444 g/mol. The summed E-state index contributed by atoms with van der Waals surface area (Å²) in [6, 6.07) is 8.60. The van der Waals surface area contributed by atoms with Crippen molar-refractivity contribution in [3.05, 3.63) is 75.3 Å². The predicted octanol–water partition coefficient (Wildman–Crippen LogP) is 5.92. The number of hydrogen-bond acceptors (Lipinski definition) is 1. The quantitative estimate of drug-likeness (QED) is 0.456. The van der Waals surface area contributed by atoms with E-state index in [2.05, 4.69) is 73.6 Å². The molecule has 0 bridgehead atoms. The maximum absolute atomic E-state index is 4.67. The van der Waals surface area contributed by atoms with Gasteiger partial charge in [0.2, 0.25) is 0 Å². The molecule has 1 aromatic carbocycles. The van der Waals surface area contributed by atoms with Gasteiger partial charge in [-0.15, -0.1) is 24.8 Å². The second-order valence-electron chi connectivity index (χ2n) is 6.89. The fourth-order valence-electron chi connectivity index (χ4n) is 3.94. The fourth-order valence-corrected chi connectivity index (χ4v) is 8.12. The molecule has 2 aliphatic heterocycles. The Morgan fingerprint density at radius 3 is 2.52 bits per heavy atom. The van der Waals surface area contributed by atoms with Crippen LogP contribution in [0.25, 0.3) is 6.08 Å². The molecule has 0 amide bonds. The van der Waals surface area contributed by atoms with Gasteiger partial charge >= 0.3 is 75.9 Å². The third-order valence-corrected chi connectivity index (χ3v) is 9.95. The van der Waals surface area contributed by atoms with Crippen LogP contribution in [0.15, 0.2) is 69.1 Å². The van der Waals surface area contributed by atoms with Crippen molar-refractivity contribution in [3.63, 3.8) is 0 Å². The molecule has 129 valence electrons. The van der Waals surface area contributed by atoms with Crippen LogP contribution in [0.1, 0.15) is 28.1 Å². The van der Waals surface area contributed by atoms with Gasteiger partial charge in [0, 0.05) is 11.3 Å². The van der Waals surface area contributed by atoms with E-state index in [-0.39, 0.29) is 24.8 Å². The zero-order valence-electron chi connectivity index (χ0n) is 14.7. The van der Waals surface area contributed by atoms with Gasteiger partial charge < -0.3 is 0 Å². The van der Waals surface area contributed by atoms with Gasteiger partial charge in [-0.05, 0) is 22.9 Å². The molecule has 0 radical (unpaired) electrons. The summed E-state index contributed by atoms with van der Waals surface area (Å²) in [7, 11) is -1.19. The van der Waals surface area contributed by atoms with Gasteiger partial charge in [-0.1, -0.05) is 26.1 Å². The van der Waals surface area contributed by atoms with E-state index in [1.54, 1.807) is 35.1 Å². The van der Waals surface area contributed by atoms with Crippen LogP contribution in [-0.2, 0) is 24.7 Å². The summed E-state index contributed by atoms with van der Waals surface area (Å²) in [6.07, 6.45) is 10.1. The van der Waals surface area contributed by atoms with Crippen LogP contribution in [0.2, 0.25) is 13.1 Å². The Bertz CT molecular complexity index is 862. The molecule has 2 heterocycles. The summed E-state index contributed by atoms with van der Waals surface area (Å²) in [5, 5.41) is 3.27. The molecule has 0 spiro atoms. The van der Waals surface area contributed by atoms with Crippen molar-refractivity contribution in [1.29, 1.82) is 0 Å². The van der Waals surface area contributed by atoms with Crippen molar-refractivity contribution in [1.82, 2.24) is 0 Å². The Kier molecular flexibility index (Phi) is 6.37. The van der Waals surface area contributed by atoms with E-state index in [1.807, 2.05) is 0 Å². The van der Waals surface area contributed by atoms with Crippen LogP contribution < -0.4 is 0 Å². The van der Waals surface area contributed by atoms with Crippen LogP contribution in [0.5, 0.6) is 0 Å². The van der Waals surface area contributed by atoms with E-state index >= 15 is 0 Å². The summed E-state index contributed by atoms with van der Waals surface area (Å²) in [5.41, 5.74) is 7.03. The summed E-state index contributed by atoms with van der Waals surface area (Å²) < 4.78 is 0.711. The number of halogens is 2. The van der Waals surface area contributed by atoms with Crippen LogP contribution >= 0.6 is 24.8 Å². The molecule has 25 heavy (non-hydrogen) atoms. The minimum atomic E-state index is -1.19. The molecule has 0 fully saturated rings. The van der Waals surface area contributed by atoms with Crippen LogP contribution in [0, 0.1) is 0 Å². The molecule has 1 atom stereocenters. The first-order valence-corrected chi connectivity index (χ1v) is 12.7. The molecule has 5 heteroatoms. The molecule has 4 aliphatic rings. The molecule has 0 N–H and O–H groups in total.